The summed E-state index contributed by atoms with van der Waals surface area (Å²) in [6.45, 7) is 3.76. The van der Waals surface area contributed by atoms with Gasteiger partial charge >= 0.3 is 12.2 Å². The topological polar surface area (TPSA) is 39.9 Å². The van der Waals surface area contributed by atoms with Crippen molar-refractivity contribution in [2.75, 3.05) is 0 Å². The lowest BCUT2D eigenvalue weighted by Gasteiger charge is -2.17. The van der Waals surface area contributed by atoms with E-state index in [-0.39, 0.29) is 24.2 Å². The van der Waals surface area contributed by atoms with Gasteiger partial charge in [-0.3, -0.25) is 0 Å². The Hall–Kier alpha value is -1.31. The Balaban J connectivity index is 2.23. The maximum atomic E-state index is 12.7. The monoisotopic (exact) mass is 351 g/mol. The van der Waals surface area contributed by atoms with Crippen molar-refractivity contribution in [3.05, 3.63) is 28.2 Å². The highest BCUT2D eigenvalue weighted by Crippen LogP contribution is 2.32. The Bertz CT molecular complexity index is 561. The smallest absolute Gasteiger partial charge is 0.416 e. The molecule has 4 nitrogen and oxygen atoms in total. The molecule has 0 radical (unpaired) electrons. The number of alkyl halides is 3. The molecule has 2 rings (SSSR count). The number of aromatic nitrogens is 3. The zero-order chi connectivity index (χ0) is 14.9. The molecule has 1 aromatic rings. The number of nitrogens with zero attached hydrogens (tertiary/aromatic N) is 3. The number of hydrogen-bond donors (Lipinski definition) is 0. The minimum absolute atomic E-state index is 0.00869. The van der Waals surface area contributed by atoms with E-state index < -0.39 is 11.7 Å². The van der Waals surface area contributed by atoms with E-state index >= 15 is 0 Å². The van der Waals surface area contributed by atoms with Gasteiger partial charge in [0.25, 0.3) is 0 Å². The predicted molar refractivity (Wildman–Crippen MR) is 70.2 cm³/mol. The van der Waals surface area contributed by atoms with Crippen molar-refractivity contribution in [3.63, 3.8) is 0 Å². The number of allylic oxidation sites excluding steroid dienone is 4. The molecule has 0 fully saturated rings. The van der Waals surface area contributed by atoms with Crippen LogP contribution in [-0.2, 0) is 0 Å². The molecule has 0 N–H and O–H groups in total. The van der Waals surface area contributed by atoms with Crippen LogP contribution < -0.4 is 4.74 Å². The fraction of sp³-hybridized carbons (Fsp3) is 0.500. The third-order valence-electron chi connectivity index (χ3n) is 2.68. The van der Waals surface area contributed by atoms with Crippen LogP contribution in [0.3, 0.4) is 0 Å². The maximum absolute atomic E-state index is 12.7. The molecule has 0 bridgehead atoms. The fourth-order valence-corrected chi connectivity index (χ4v) is 2.08. The van der Waals surface area contributed by atoms with Gasteiger partial charge in [0.2, 0.25) is 4.73 Å². The molecule has 0 amide bonds. The average Bonchev–Trinajstić information content (AvgIpc) is 2.69. The van der Waals surface area contributed by atoms with Crippen LogP contribution >= 0.6 is 15.9 Å². The highest BCUT2D eigenvalue weighted by atomic mass is 79.9. The maximum Gasteiger partial charge on any atom is 0.416 e. The quantitative estimate of drug-likeness (QED) is 0.820. The van der Waals surface area contributed by atoms with Gasteiger partial charge in [-0.15, -0.1) is 5.10 Å². The molecule has 0 aromatic carbocycles. The first-order valence-corrected chi connectivity index (χ1v) is 6.84. The fourth-order valence-electron chi connectivity index (χ4n) is 1.76. The Kier molecular flexibility index (Phi) is 4.22. The number of rotatable bonds is 3. The van der Waals surface area contributed by atoms with Crippen LogP contribution in [0.2, 0.25) is 0 Å². The van der Waals surface area contributed by atoms with E-state index in [1.807, 2.05) is 13.8 Å². The van der Waals surface area contributed by atoms with Crippen LogP contribution in [-0.4, -0.2) is 20.9 Å². The van der Waals surface area contributed by atoms with Crippen LogP contribution in [0.25, 0.3) is 0 Å². The van der Waals surface area contributed by atoms with Gasteiger partial charge in [0.05, 0.1) is 11.6 Å². The van der Waals surface area contributed by atoms with E-state index in [1.165, 1.54) is 4.68 Å². The summed E-state index contributed by atoms with van der Waals surface area (Å²) in [6, 6.07) is 0.173. The zero-order valence-corrected chi connectivity index (χ0v) is 12.5. The molecule has 20 heavy (non-hydrogen) atoms. The zero-order valence-electron chi connectivity index (χ0n) is 10.9. The van der Waals surface area contributed by atoms with Gasteiger partial charge in [0, 0.05) is 6.42 Å². The molecule has 1 heterocycles. The summed E-state index contributed by atoms with van der Waals surface area (Å²) in [5.41, 5.74) is -0.687. The second kappa shape index (κ2) is 5.59. The molecule has 0 aliphatic heterocycles. The van der Waals surface area contributed by atoms with Crippen LogP contribution in [0, 0.1) is 0 Å². The molecule has 0 saturated heterocycles. The summed E-state index contributed by atoms with van der Waals surface area (Å²) in [5, 5.41) is 4.08. The molecule has 0 atom stereocenters. The number of halogens is 4. The lowest BCUT2D eigenvalue weighted by Crippen LogP contribution is -2.15. The first-order valence-electron chi connectivity index (χ1n) is 6.05. The van der Waals surface area contributed by atoms with Gasteiger partial charge in [-0.25, -0.2) is 4.68 Å². The molecule has 8 heteroatoms. The normalized spacial score (nSPS) is 16.1. The Morgan fingerprint density at radius 2 is 2.10 bits per heavy atom. The molecule has 1 aromatic heterocycles. The summed E-state index contributed by atoms with van der Waals surface area (Å²) in [4.78, 5) is 4.02. The molecule has 0 saturated carbocycles. The van der Waals surface area contributed by atoms with Crippen molar-refractivity contribution in [1.29, 1.82) is 0 Å². The molecule has 0 spiro atoms. The Morgan fingerprint density at radius 1 is 1.40 bits per heavy atom. The molecule has 1 aliphatic rings. The molecular formula is C12H13BrF3N3O. The predicted octanol–water partition coefficient (Wildman–Crippen LogP) is 4.17. The second-order valence-electron chi connectivity index (χ2n) is 4.61. The number of hydrogen-bond acceptors (Lipinski definition) is 3. The number of ether oxygens (including phenoxy) is 1. The van der Waals surface area contributed by atoms with Crippen molar-refractivity contribution in [2.24, 2.45) is 0 Å². The molecular weight excluding hydrogens is 339 g/mol. The molecule has 110 valence electrons. The van der Waals surface area contributed by atoms with Crippen molar-refractivity contribution >= 4 is 15.9 Å². The third-order valence-corrected chi connectivity index (χ3v) is 3.02. The summed E-state index contributed by atoms with van der Waals surface area (Å²) in [6.07, 6.45) is -1.49. The molecule has 0 unspecified atom stereocenters. The van der Waals surface area contributed by atoms with Gasteiger partial charge in [-0.05, 0) is 42.3 Å². The van der Waals surface area contributed by atoms with Crippen molar-refractivity contribution in [2.45, 2.75) is 38.9 Å². The Morgan fingerprint density at radius 3 is 2.70 bits per heavy atom. The summed E-state index contributed by atoms with van der Waals surface area (Å²) >= 11 is 3.13. The first kappa shape index (κ1) is 15.1. The van der Waals surface area contributed by atoms with E-state index in [0.717, 1.165) is 12.2 Å². The highest BCUT2D eigenvalue weighted by Gasteiger charge is 2.33. The lowest BCUT2D eigenvalue weighted by molar-refractivity contribution is -0.0889. The van der Waals surface area contributed by atoms with Crippen LogP contribution in [0.5, 0.6) is 6.01 Å². The Labute approximate surface area is 122 Å². The lowest BCUT2D eigenvalue weighted by atomic mass is 10.1. The van der Waals surface area contributed by atoms with Gasteiger partial charge < -0.3 is 4.74 Å². The largest absolute Gasteiger partial charge is 0.429 e. The van der Waals surface area contributed by atoms with Gasteiger partial charge in [-0.1, -0.05) is 6.08 Å². The van der Waals surface area contributed by atoms with E-state index in [2.05, 4.69) is 26.0 Å². The highest BCUT2D eigenvalue weighted by molar-refractivity contribution is 9.10. The van der Waals surface area contributed by atoms with E-state index in [1.54, 1.807) is 0 Å². The standard InChI is InChI=1S/C12H13BrF3N3O/c1-7(2)19-11(17-10(13)18-19)20-9-5-3-4-8(6-9)12(14,15)16/h4,6-7H,3,5H2,1-2H3. The van der Waals surface area contributed by atoms with Crippen molar-refractivity contribution in [3.8, 4) is 6.01 Å². The minimum atomic E-state index is -4.36. The first-order chi connectivity index (χ1) is 9.27. The van der Waals surface area contributed by atoms with Crippen LogP contribution in [0.4, 0.5) is 13.2 Å². The van der Waals surface area contributed by atoms with Crippen LogP contribution in [0.15, 0.2) is 28.2 Å². The van der Waals surface area contributed by atoms with Crippen molar-refractivity contribution in [1.82, 2.24) is 14.8 Å². The van der Waals surface area contributed by atoms with Crippen LogP contribution in [0.1, 0.15) is 32.7 Å². The summed E-state index contributed by atoms with van der Waals surface area (Å²) < 4.78 is 45.3. The van der Waals surface area contributed by atoms with Gasteiger partial charge in [-0.2, -0.15) is 18.2 Å². The third kappa shape index (κ3) is 3.41. The SMILES string of the molecule is CC(C)n1nc(Br)nc1OC1=CC(C(F)(F)F)=CCC1. The summed E-state index contributed by atoms with van der Waals surface area (Å²) in [7, 11) is 0. The average molecular weight is 352 g/mol. The minimum Gasteiger partial charge on any atom is -0.429 e. The summed E-state index contributed by atoms with van der Waals surface area (Å²) in [5.74, 6) is 0.238. The van der Waals surface area contributed by atoms with E-state index in [4.69, 9.17) is 4.74 Å². The van der Waals surface area contributed by atoms with Crippen molar-refractivity contribution < 1.29 is 17.9 Å². The van der Waals surface area contributed by atoms with Gasteiger partial charge in [0.1, 0.15) is 5.76 Å². The second-order valence-corrected chi connectivity index (χ2v) is 5.32. The van der Waals surface area contributed by atoms with E-state index in [0.29, 0.717) is 11.2 Å². The van der Waals surface area contributed by atoms with Gasteiger partial charge in [0.15, 0.2) is 0 Å². The molecule has 1 aliphatic carbocycles. The van der Waals surface area contributed by atoms with E-state index in [9.17, 15) is 13.2 Å².